The lowest BCUT2D eigenvalue weighted by molar-refractivity contribution is -0.139. The highest BCUT2D eigenvalue weighted by Crippen LogP contribution is 2.34. The number of halogens is 2. The van der Waals surface area contributed by atoms with E-state index < -0.39 is 34.4 Å². The summed E-state index contributed by atoms with van der Waals surface area (Å²) < 4.78 is 34.7. The molecule has 11 heteroatoms. The average Bonchev–Trinajstić information content (AvgIpc) is 2.91. The van der Waals surface area contributed by atoms with Crippen LogP contribution in [0.15, 0.2) is 65.6 Å². The van der Waals surface area contributed by atoms with Gasteiger partial charge in [-0.15, -0.1) is 0 Å². The molecule has 0 aliphatic heterocycles. The van der Waals surface area contributed by atoms with Crippen molar-refractivity contribution in [3.8, 4) is 5.75 Å². The van der Waals surface area contributed by atoms with Crippen molar-refractivity contribution < 1.29 is 22.7 Å². The Morgan fingerprint density at radius 3 is 2.07 bits per heavy atom. The molecule has 3 aromatic rings. The van der Waals surface area contributed by atoms with Crippen LogP contribution in [0.2, 0.25) is 10.0 Å². The van der Waals surface area contributed by atoms with Crippen LogP contribution in [0.5, 0.6) is 5.75 Å². The summed E-state index contributed by atoms with van der Waals surface area (Å²) in [4.78, 5) is 28.5. The minimum absolute atomic E-state index is 0.00533. The average molecular weight is 621 g/mol. The zero-order valence-electron chi connectivity index (χ0n) is 23.9. The Bertz CT molecular complexity index is 1490. The van der Waals surface area contributed by atoms with Crippen molar-refractivity contribution in [3.05, 3.63) is 87.4 Å². The minimum atomic E-state index is -4.25. The highest BCUT2D eigenvalue weighted by molar-refractivity contribution is 7.92. The Morgan fingerprint density at radius 2 is 1.51 bits per heavy atom. The summed E-state index contributed by atoms with van der Waals surface area (Å²) in [6.45, 7) is 8.12. The molecule has 0 saturated carbocycles. The van der Waals surface area contributed by atoms with Crippen molar-refractivity contribution >= 4 is 50.7 Å². The number of carbonyl (C=O) groups excluding carboxylic acids is 2. The van der Waals surface area contributed by atoms with Gasteiger partial charge in [-0.05, 0) is 76.6 Å². The molecular formula is C30H35Cl2N3O5S. The number of ether oxygens (including phenoxy) is 1. The van der Waals surface area contributed by atoms with Crippen LogP contribution in [-0.2, 0) is 26.2 Å². The molecule has 41 heavy (non-hydrogen) atoms. The van der Waals surface area contributed by atoms with Crippen molar-refractivity contribution in [1.82, 2.24) is 10.2 Å². The van der Waals surface area contributed by atoms with Gasteiger partial charge in [-0.3, -0.25) is 13.9 Å². The first kappa shape index (κ1) is 32.2. The molecule has 0 heterocycles. The van der Waals surface area contributed by atoms with E-state index in [-0.39, 0.29) is 28.9 Å². The number of benzene rings is 3. The largest absolute Gasteiger partial charge is 0.495 e. The summed E-state index contributed by atoms with van der Waals surface area (Å²) in [6.07, 6.45) is 0. The van der Waals surface area contributed by atoms with E-state index in [4.69, 9.17) is 27.9 Å². The molecule has 8 nitrogen and oxygen atoms in total. The van der Waals surface area contributed by atoms with Crippen molar-refractivity contribution in [2.75, 3.05) is 18.0 Å². The van der Waals surface area contributed by atoms with Crippen LogP contribution in [0.1, 0.15) is 37.5 Å². The quantitative estimate of drug-likeness (QED) is 0.294. The Labute approximate surface area is 252 Å². The SMILES string of the molecule is COc1ccc(C)cc1N(CC(=O)N(Cc1c(Cl)cccc1Cl)[C@@H](C)C(=O)NC(C)C)S(=O)(=O)c1ccc(C)cc1. The lowest BCUT2D eigenvalue weighted by Gasteiger charge is -2.33. The van der Waals surface area contributed by atoms with E-state index in [1.165, 1.54) is 24.1 Å². The maximum absolute atomic E-state index is 14.1. The number of methoxy groups -OCH3 is 1. The first-order chi connectivity index (χ1) is 19.3. The molecule has 1 N–H and O–H groups in total. The molecule has 3 aromatic carbocycles. The summed E-state index contributed by atoms with van der Waals surface area (Å²) in [6, 6.07) is 15.2. The third kappa shape index (κ3) is 7.72. The fourth-order valence-electron chi connectivity index (χ4n) is 4.19. The van der Waals surface area contributed by atoms with Gasteiger partial charge in [0, 0.05) is 28.2 Å². The fraction of sp³-hybridized carbons (Fsp3) is 0.333. The van der Waals surface area contributed by atoms with Crippen molar-refractivity contribution in [3.63, 3.8) is 0 Å². The second-order valence-corrected chi connectivity index (χ2v) is 12.7. The summed E-state index contributed by atoms with van der Waals surface area (Å²) in [7, 11) is -2.82. The maximum atomic E-state index is 14.1. The Balaban J connectivity index is 2.14. The van der Waals surface area contributed by atoms with Gasteiger partial charge in [-0.25, -0.2) is 8.42 Å². The molecule has 1 atom stereocenters. The molecular weight excluding hydrogens is 585 g/mol. The smallest absolute Gasteiger partial charge is 0.264 e. The van der Waals surface area contributed by atoms with E-state index in [1.807, 2.05) is 27.7 Å². The van der Waals surface area contributed by atoms with Gasteiger partial charge in [0.25, 0.3) is 10.0 Å². The molecule has 0 unspecified atom stereocenters. The highest BCUT2D eigenvalue weighted by Gasteiger charge is 2.34. The second-order valence-electron chi connectivity index (χ2n) is 10.1. The molecule has 0 bridgehead atoms. The topological polar surface area (TPSA) is 96.0 Å². The number of anilines is 1. The van der Waals surface area contributed by atoms with Crippen LogP contribution < -0.4 is 14.4 Å². The van der Waals surface area contributed by atoms with Crippen LogP contribution in [0.4, 0.5) is 5.69 Å². The van der Waals surface area contributed by atoms with Gasteiger partial charge in [0.15, 0.2) is 0 Å². The first-order valence-electron chi connectivity index (χ1n) is 13.0. The van der Waals surface area contributed by atoms with Gasteiger partial charge >= 0.3 is 0 Å². The van der Waals surface area contributed by atoms with Gasteiger partial charge in [0.2, 0.25) is 11.8 Å². The summed E-state index contributed by atoms with van der Waals surface area (Å²) >= 11 is 12.9. The number of hydrogen-bond acceptors (Lipinski definition) is 5. The highest BCUT2D eigenvalue weighted by atomic mass is 35.5. The van der Waals surface area contributed by atoms with Crippen LogP contribution in [-0.4, -0.2) is 50.9 Å². The van der Waals surface area contributed by atoms with E-state index in [1.54, 1.807) is 55.5 Å². The van der Waals surface area contributed by atoms with Crippen molar-refractivity contribution in [2.45, 2.75) is 58.1 Å². The lowest BCUT2D eigenvalue weighted by atomic mass is 10.1. The number of rotatable bonds is 11. The number of amides is 2. The second kappa shape index (κ2) is 13.6. The molecule has 0 spiro atoms. The van der Waals surface area contributed by atoms with Crippen molar-refractivity contribution in [2.24, 2.45) is 0 Å². The van der Waals surface area contributed by atoms with Gasteiger partial charge in [0.05, 0.1) is 17.7 Å². The summed E-state index contributed by atoms with van der Waals surface area (Å²) in [5.74, 6) is -0.769. The van der Waals surface area contributed by atoms with Gasteiger partial charge in [-0.2, -0.15) is 0 Å². The van der Waals surface area contributed by atoms with Gasteiger partial charge in [0.1, 0.15) is 18.3 Å². The normalized spacial score (nSPS) is 12.1. The third-order valence-corrected chi connectivity index (χ3v) is 8.96. The number of nitrogens with zero attached hydrogens (tertiary/aromatic N) is 2. The Kier molecular flexibility index (Phi) is 10.7. The molecule has 0 radical (unpaired) electrons. The van der Waals surface area contributed by atoms with Gasteiger partial charge < -0.3 is 15.0 Å². The fourth-order valence-corrected chi connectivity index (χ4v) is 6.12. The number of hydrogen-bond donors (Lipinski definition) is 1. The molecule has 0 aliphatic rings. The van der Waals surface area contributed by atoms with E-state index in [2.05, 4.69) is 5.32 Å². The third-order valence-electron chi connectivity index (χ3n) is 6.48. The summed E-state index contributed by atoms with van der Waals surface area (Å²) in [5, 5.41) is 3.45. The van der Waals surface area contributed by atoms with E-state index >= 15 is 0 Å². The molecule has 2 amide bonds. The standard InChI is InChI=1S/C30H35Cl2N3O5S/c1-19(2)33-30(37)22(5)34(17-24-25(31)8-7-9-26(24)32)29(36)18-35(27-16-21(4)12-15-28(27)40-6)41(38,39)23-13-10-20(3)11-14-23/h7-16,19,22H,17-18H2,1-6H3,(H,33,37)/t22-/m0/s1. The number of carbonyl (C=O) groups is 2. The number of aryl methyl sites for hydroxylation is 2. The van der Waals surface area contributed by atoms with E-state index in [9.17, 15) is 18.0 Å². The van der Waals surface area contributed by atoms with E-state index in [0.717, 1.165) is 15.4 Å². The van der Waals surface area contributed by atoms with Crippen LogP contribution >= 0.6 is 23.2 Å². The monoisotopic (exact) mass is 619 g/mol. The van der Waals surface area contributed by atoms with E-state index in [0.29, 0.717) is 15.6 Å². The first-order valence-corrected chi connectivity index (χ1v) is 15.2. The van der Waals surface area contributed by atoms with Crippen LogP contribution in [0, 0.1) is 13.8 Å². The zero-order chi connectivity index (χ0) is 30.5. The molecule has 0 fully saturated rings. The molecule has 0 aliphatic carbocycles. The Hall–Kier alpha value is -3.27. The van der Waals surface area contributed by atoms with Gasteiger partial charge in [-0.1, -0.05) is 53.0 Å². The van der Waals surface area contributed by atoms with Crippen LogP contribution in [0.3, 0.4) is 0 Å². The molecule has 0 saturated heterocycles. The predicted octanol–water partition coefficient (Wildman–Crippen LogP) is 5.76. The minimum Gasteiger partial charge on any atom is -0.495 e. The molecule has 220 valence electrons. The number of nitrogens with one attached hydrogen (secondary N) is 1. The summed E-state index contributed by atoms with van der Waals surface area (Å²) in [5.41, 5.74) is 2.28. The Morgan fingerprint density at radius 1 is 0.927 bits per heavy atom. The van der Waals surface area contributed by atoms with Crippen molar-refractivity contribution in [1.29, 1.82) is 0 Å². The predicted molar refractivity (Wildman–Crippen MR) is 163 cm³/mol. The number of sulfonamides is 1. The molecule has 0 aromatic heterocycles. The molecule has 3 rings (SSSR count). The zero-order valence-corrected chi connectivity index (χ0v) is 26.3. The maximum Gasteiger partial charge on any atom is 0.264 e. The lowest BCUT2D eigenvalue weighted by Crippen LogP contribution is -2.52. The van der Waals surface area contributed by atoms with Crippen LogP contribution in [0.25, 0.3) is 0 Å².